The van der Waals surface area contributed by atoms with E-state index >= 15 is 0 Å². The van der Waals surface area contributed by atoms with Gasteiger partial charge in [0.15, 0.2) is 11.4 Å². The summed E-state index contributed by atoms with van der Waals surface area (Å²) in [6.45, 7) is 3.42. The van der Waals surface area contributed by atoms with Crippen molar-refractivity contribution >= 4 is 16.8 Å². The van der Waals surface area contributed by atoms with Crippen molar-refractivity contribution in [1.29, 1.82) is 0 Å². The first kappa shape index (κ1) is 21.3. The SMILES string of the molecule is Cc1ccc(C(C)CC(=O)COc2cc(C(F)(F)F)c3c(C4CC4)nn(C)c3n2)cn1. The smallest absolute Gasteiger partial charge is 0.417 e. The highest BCUT2D eigenvalue weighted by Crippen LogP contribution is 2.46. The molecule has 0 N–H and O–H groups in total. The summed E-state index contributed by atoms with van der Waals surface area (Å²) in [6, 6.07) is 4.65. The van der Waals surface area contributed by atoms with E-state index in [1.165, 1.54) is 4.68 Å². The fraction of sp³-hybridized carbons (Fsp3) is 0.455. The van der Waals surface area contributed by atoms with Gasteiger partial charge < -0.3 is 4.74 Å². The summed E-state index contributed by atoms with van der Waals surface area (Å²) in [7, 11) is 1.56. The Kier molecular flexibility index (Phi) is 5.45. The molecule has 6 nitrogen and oxygen atoms in total. The van der Waals surface area contributed by atoms with Crippen LogP contribution in [-0.4, -0.2) is 32.1 Å². The molecule has 31 heavy (non-hydrogen) atoms. The van der Waals surface area contributed by atoms with Crippen LogP contribution in [0, 0.1) is 6.92 Å². The maximum absolute atomic E-state index is 13.8. The third-order valence-electron chi connectivity index (χ3n) is 5.48. The summed E-state index contributed by atoms with van der Waals surface area (Å²) in [4.78, 5) is 20.8. The summed E-state index contributed by atoms with van der Waals surface area (Å²) in [6.07, 6.45) is -1.02. The Balaban J connectivity index is 1.52. The molecular formula is C22H23F3N4O2. The van der Waals surface area contributed by atoms with Gasteiger partial charge in [0.05, 0.1) is 16.6 Å². The van der Waals surface area contributed by atoms with Crippen molar-refractivity contribution in [2.24, 2.45) is 7.05 Å². The topological polar surface area (TPSA) is 69.9 Å². The minimum absolute atomic E-state index is 0.0247. The number of pyridine rings is 2. The second kappa shape index (κ2) is 7.94. The van der Waals surface area contributed by atoms with Crippen LogP contribution in [0.2, 0.25) is 0 Å². The lowest BCUT2D eigenvalue weighted by atomic mass is 9.97. The number of fused-ring (bicyclic) bond motifs is 1. The summed E-state index contributed by atoms with van der Waals surface area (Å²) in [5.74, 6) is -0.503. The summed E-state index contributed by atoms with van der Waals surface area (Å²) in [5.41, 5.74) is 1.51. The number of Topliss-reactive ketones (excluding diaryl/α,β-unsaturated/α-hetero) is 1. The Morgan fingerprint density at radius 3 is 2.68 bits per heavy atom. The number of nitrogens with zero attached hydrogens (tertiary/aromatic N) is 4. The molecule has 1 aliphatic carbocycles. The van der Waals surface area contributed by atoms with Crippen LogP contribution in [-0.2, 0) is 18.0 Å². The molecule has 1 unspecified atom stereocenters. The third-order valence-corrected chi connectivity index (χ3v) is 5.48. The van der Waals surface area contributed by atoms with Crippen LogP contribution in [0.3, 0.4) is 0 Å². The zero-order valence-electron chi connectivity index (χ0n) is 17.5. The fourth-order valence-corrected chi connectivity index (χ4v) is 3.64. The number of ketones is 1. The van der Waals surface area contributed by atoms with Crippen LogP contribution in [0.4, 0.5) is 13.2 Å². The Bertz CT molecular complexity index is 1120. The second-order valence-electron chi connectivity index (χ2n) is 8.15. The van der Waals surface area contributed by atoms with Crippen molar-refractivity contribution in [1.82, 2.24) is 19.7 Å². The molecular weight excluding hydrogens is 409 g/mol. The van der Waals surface area contributed by atoms with Crippen LogP contribution < -0.4 is 4.74 Å². The van der Waals surface area contributed by atoms with Crippen LogP contribution in [0.25, 0.3) is 11.0 Å². The first-order valence-corrected chi connectivity index (χ1v) is 10.2. The van der Waals surface area contributed by atoms with Crippen LogP contribution in [0.15, 0.2) is 24.4 Å². The zero-order valence-corrected chi connectivity index (χ0v) is 17.5. The van der Waals surface area contributed by atoms with Crippen molar-refractivity contribution in [3.8, 4) is 5.88 Å². The fourth-order valence-electron chi connectivity index (χ4n) is 3.64. The molecule has 3 aromatic heterocycles. The van der Waals surface area contributed by atoms with Gasteiger partial charge in [-0.05, 0) is 37.3 Å². The van der Waals surface area contributed by atoms with Gasteiger partial charge in [0.1, 0.15) is 6.61 Å². The van der Waals surface area contributed by atoms with Crippen molar-refractivity contribution < 1.29 is 22.7 Å². The molecule has 164 valence electrons. The molecule has 9 heteroatoms. The van der Waals surface area contributed by atoms with Crippen molar-refractivity contribution in [2.75, 3.05) is 6.61 Å². The van der Waals surface area contributed by atoms with E-state index in [-0.39, 0.29) is 47.6 Å². The number of hydrogen-bond acceptors (Lipinski definition) is 5. The van der Waals surface area contributed by atoms with E-state index in [1.807, 2.05) is 26.0 Å². The molecule has 1 saturated carbocycles. The van der Waals surface area contributed by atoms with Gasteiger partial charge in [0.25, 0.3) is 0 Å². The highest BCUT2D eigenvalue weighted by Gasteiger charge is 2.39. The normalized spacial score (nSPS) is 15.3. The minimum Gasteiger partial charge on any atom is -0.470 e. The van der Waals surface area contributed by atoms with Crippen LogP contribution in [0.5, 0.6) is 5.88 Å². The second-order valence-corrected chi connectivity index (χ2v) is 8.15. The van der Waals surface area contributed by atoms with Gasteiger partial charge in [-0.1, -0.05) is 13.0 Å². The van der Waals surface area contributed by atoms with E-state index in [2.05, 4.69) is 15.1 Å². The van der Waals surface area contributed by atoms with Gasteiger partial charge in [0.2, 0.25) is 5.88 Å². The number of aryl methyl sites for hydroxylation is 2. The molecule has 3 heterocycles. The lowest BCUT2D eigenvalue weighted by molar-refractivity contribution is -0.136. The number of aromatic nitrogens is 4. The molecule has 4 rings (SSSR count). The number of hydrogen-bond donors (Lipinski definition) is 0. The van der Waals surface area contributed by atoms with E-state index in [1.54, 1.807) is 13.2 Å². The van der Waals surface area contributed by atoms with E-state index < -0.39 is 11.7 Å². The maximum Gasteiger partial charge on any atom is 0.417 e. The Morgan fingerprint density at radius 2 is 2.06 bits per heavy atom. The van der Waals surface area contributed by atoms with Crippen molar-refractivity contribution in [3.63, 3.8) is 0 Å². The highest BCUT2D eigenvalue weighted by molar-refractivity contribution is 5.85. The van der Waals surface area contributed by atoms with Gasteiger partial charge in [-0.25, -0.2) is 0 Å². The average molecular weight is 432 g/mol. The molecule has 0 aliphatic heterocycles. The summed E-state index contributed by atoms with van der Waals surface area (Å²) < 4.78 is 48.0. The molecule has 1 aliphatic rings. The number of ether oxygens (including phenoxy) is 1. The molecule has 1 fully saturated rings. The molecule has 0 radical (unpaired) electrons. The van der Waals surface area contributed by atoms with Gasteiger partial charge in [0, 0.05) is 37.3 Å². The number of halogens is 3. The van der Waals surface area contributed by atoms with Crippen molar-refractivity contribution in [3.05, 3.63) is 46.9 Å². The van der Waals surface area contributed by atoms with E-state index in [4.69, 9.17) is 4.74 Å². The predicted octanol–water partition coefficient (Wildman–Crippen LogP) is 4.71. The van der Waals surface area contributed by atoms with E-state index in [0.717, 1.165) is 30.2 Å². The van der Waals surface area contributed by atoms with Crippen molar-refractivity contribution in [2.45, 2.75) is 51.1 Å². The molecule has 3 aromatic rings. The Labute approximate surface area is 177 Å². The van der Waals surface area contributed by atoms with E-state index in [0.29, 0.717) is 5.69 Å². The zero-order chi connectivity index (χ0) is 22.3. The Hall–Kier alpha value is -2.97. The van der Waals surface area contributed by atoms with Gasteiger partial charge >= 0.3 is 6.18 Å². The number of alkyl halides is 3. The summed E-state index contributed by atoms with van der Waals surface area (Å²) in [5, 5.41) is 4.29. The lowest BCUT2D eigenvalue weighted by Gasteiger charge is -2.13. The first-order valence-electron chi connectivity index (χ1n) is 10.2. The van der Waals surface area contributed by atoms with Gasteiger partial charge in [-0.3, -0.25) is 14.5 Å². The number of rotatable bonds is 7. The number of carbonyl (C=O) groups is 1. The van der Waals surface area contributed by atoms with E-state index in [9.17, 15) is 18.0 Å². The molecule has 0 spiro atoms. The Morgan fingerprint density at radius 1 is 1.32 bits per heavy atom. The molecule has 0 saturated heterocycles. The number of carbonyl (C=O) groups excluding carboxylic acids is 1. The molecule has 1 atom stereocenters. The molecule has 0 aromatic carbocycles. The largest absolute Gasteiger partial charge is 0.470 e. The lowest BCUT2D eigenvalue weighted by Crippen LogP contribution is -2.15. The van der Waals surface area contributed by atoms with Crippen LogP contribution in [0.1, 0.15) is 60.5 Å². The monoisotopic (exact) mass is 432 g/mol. The maximum atomic E-state index is 13.8. The van der Waals surface area contributed by atoms with Crippen LogP contribution >= 0.6 is 0 Å². The minimum atomic E-state index is -4.58. The summed E-state index contributed by atoms with van der Waals surface area (Å²) >= 11 is 0. The van der Waals surface area contributed by atoms with Gasteiger partial charge in [-0.2, -0.15) is 23.3 Å². The first-order chi connectivity index (χ1) is 14.6. The highest BCUT2D eigenvalue weighted by atomic mass is 19.4. The van der Waals surface area contributed by atoms with Gasteiger partial charge in [-0.15, -0.1) is 0 Å². The standard InChI is InChI=1S/C22H23F3N4O2/c1-12(15-5-4-13(2)26-10-15)8-16(30)11-31-18-9-17(22(23,24)25)19-20(14-6-7-14)28-29(3)21(19)27-18/h4-5,9-10,12,14H,6-8,11H2,1-3H3. The predicted molar refractivity (Wildman–Crippen MR) is 108 cm³/mol. The molecule has 0 amide bonds. The third kappa shape index (κ3) is 4.55. The quantitative estimate of drug-likeness (QED) is 0.541. The molecule has 0 bridgehead atoms. The average Bonchev–Trinajstić information content (AvgIpc) is 3.50.